The zero-order chi connectivity index (χ0) is 19.5. The SMILES string of the molecule is CC1Cc2ccccc2N1C(=O)c1ccc(NCCc2ccc(F)cc2)nn1. The summed E-state index contributed by atoms with van der Waals surface area (Å²) in [5, 5.41) is 11.4. The molecule has 2 aromatic carbocycles. The molecule has 1 amide bonds. The first kappa shape index (κ1) is 18.1. The Morgan fingerprint density at radius 2 is 1.89 bits per heavy atom. The van der Waals surface area contributed by atoms with Crippen molar-refractivity contribution in [2.75, 3.05) is 16.8 Å². The van der Waals surface area contributed by atoms with Crippen molar-refractivity contribution in [3.63, 3.8) is 0 Å². The first-order valence-corrected chi connectivity index (χ1v) is 9.35. The second-order valence-corrected chi connectivity index (χ2v) is 6.96. The molecule has 1 N–H and O–H groups in total. The van der Waals surface area contributed by atoms with Crippen LogP contribution in [0.1, 0.15) is 28.5 Å². The van der Waals surface area contributed by atoms with Crippen LogP contribution in [0.3, 0.4) is 0 Å². The quantitative estimate of drug-likeness (QED) is 0.735. The van der Waals surface area contributed by atoms with Gasteiger partial charge in [-0.2, -0.15) is 0 Å². The molecule has 2 heterocycles. The summed E-state index contributed by atoms with van der Waals surface area (Å²) in [5.74, 6) is 0.231. The number of aromatic nitrogens is 2. The molecule has 0 saturated carbocycles. The first-order valence-electron chi connectivity index (χ1n) is 9.35. The molecule has 1 unspecified atom stereocenters. The molecule has 0 saturated heterocycles. The highest BCUT2D eigenvalue weighted by Crippen LogP contribution is 2.32. The summed E-state index contributed by atoms with van der Waals surface area (Å²) in [6.45, 7) is 2.68. The summed E-state index contributed by atoms with van der Waals surface area (Å²) in [4.78, 5) is 14.7. The van der Waals surface area contributed by atoms with E-state index < -0.39 is 0 Å². The van der Waals surface area contributed by atoms with E-state index in [9.17, 15) is 9.18 Å². The number of amides is 1. The molecule has 3 aromatic rings. The normalized spacial score (nSPS) is 15.4. The highest BCUT2D eigenvalue weighted by atomic mass is 19.1. The minimum Gasteiger partial charge on any atom is -0.368 e. The van der Waals surface area contributed by atoms with E-state index in [1.54, 1.807) is 29.2 Å². The Labute approximate surface area is 163 Å². The number of para-hydroxylation sites is 1. The first-order chi connectivity index (χ1) is 13.6. The molecular formula is C22H21FN4O. The van der Waals surface area contributed by atoms with E-state index in [4.69, 9.17) is 0 Å². The van der Waals surface area contributed by atoms with Crippen LogP contribution in [0, 0.1) is 5.82 Å². The number of nitrogens with one attached hydrogen (secondary N) is 1. The van der Waals surface area contributed by atoms with E-state index in [2.05, 4.69) is 21.6 Å². The van der Waals surface area contributed by atoms with E-state index in [1.807, 2.05) is 25.1 Å². The summed E-state index contributed by atoms with van der Waals surface area (Å²) in [6, 6.07) is 17.9. The predicted octanol–water partition coefficient (Wildman–Crippen LogP) is 3.86. The van der Waals surface area contributed by atoms with E-state index in [-0.39, 0.29) is 17.8 Å². The van der Waals surface area contributed by atoms with Gasteiger partial charge < -0.3 is 10.2 Å². The molecular weight excluding hydrogens is 355 g/mol. The monoisotopic (exact) mass is 376 g/mol. The molecule has 142 valence electrons. The van der Waals surface area contributed by atoms with Gasteiger partial charge in [0.25, 0.3) is 5.91 Å². The van der Waals surface area contributed by atoms with Crippen LogP contribution in [-0.2, 0) is 12.8 Å². The van der Waals surface area contributed by atoms with Crippen molar-refractivity contribution in [1.82, 2.24) is 10.2 Å². The van der Waals surface area contributed by atoms with Gasteiger partial charge in [-0.15, -0.1) is 10.2 Å². The number of anilines is 2. The minimum atomic E-state index is -0.238. The molecule has 0 spiro atoms. The lowest BCUT2D eigenvalue weighted by molar-refractivity contribution is 0.0975. The Morgan fingerprint density at radius 3 is 2.64 bits per heavy atom. The van der Waals surface area contributed by atoms with E-state index in [0.717, 1.165) is 24.1 Å². The summed E-state index contributed by atoms with van der Waals surface area (Å²) < 4.78 is 12.9. The number of hydrogen-bond acceptors (Lipinski definition) is 4. The summed E-state index contributed by atoms with van der Waals surface area (Å²) in [7, 11) is 0. The Kier molecular flexibility index (Phi) is 5.02. The average Bonchev–Trinajstić information content (AvgIpc) is 3.05. The van der Waals surface area contributed by atoms with Gasteiger partial charge in [-0.05, 0) is 61.2 Å². The molecule has 0 aliphatic carbocycles. The molecule has 28 heavy (non-hydrogen) atoms. The maximum absolute atomic E-state index is 12.9. The topological polar surface area (TPSA) is 58.1 Å². The molecule has 0 fully saturated rings. The minimum absolute atomic E-state index is 0.0974. The molecule has 1 aliphatic heterocycles. The van der Waals surface area contributed by atoms with Gasteiger partial charge in [0.15, 0.2) is 5.69 Å². The molecule has 0 bridgehead atoms. The van der Waals surface area contributed by atoms with Crippen molar-refractivity contribution < 1.29 is 9.18 Å². The van der Waals surface area contributed by atoms with Crippen LogP contribution in [0.25, 0.3) is 0 Å². The molecule has 1 atom stereocenters. The van der Waals surface area contributed by atoms with Gasteiger partial charge in [0.2, 0.25) is 0 Å². The lowest BCUT2D eigenvalue weighted by Crippen LogP contribution is -2.36. The van der Waals surface area contributed by atoms with Gasteiger partial charge in [0, 0.05) is 18.3 Å². The van der Waals surface area contributed by atoms with Gasteiger partial charge in [0.1, 0.15) is 11.6 Å². The van der Waals surface area contributed by atoms with Crippen LogP contribution in [0.2, 0.25) is 0 Å². The van der Waals surface area contributed by atoms with Gasteiger partial charge in [-0.25, -0.2) is 4.39 Å². The van der Waals surface area contributed by atoms with Crippen molar-refractivity contribution >= 4 is 17.4 Å². The van der Waals surface area contributed by atoms with Crippen LogP contribution < -0.4 is 10.2 Å². The van der Waals surface area contributed by atoms with Crippen molar-refractivity contribution in [3.8, 4) is 0 Å². The Hall–Kier alpha value is -3.28. The highest BCUT2D eigenvalue weighted by Gasteiger charge is 2.31. The third-order valence-corrected chi connectivity index (χ3v) is 4.94. The number of rotatable bonds is 5. The smallest absolute Gasteiger partial charge is 0.279 e. The molecule has 4 rings (SSSR count). The number of carbonyl (C=O) groups excluding carboxylic acids is 1. The zero-order valence-electron chi connectivity index (χ0n) is 15.6. The van der Waals surface area contributed by atoms with Crippen molar-refractivity contribution in [3.05, 3.63) is 83.3 Å². The van der Waals surface area contributed by atoms with Gasteiger partial charge in [-0.3, -0.25) is 4.79 Å². The number of carbonyl (C=O) groups is 1. The zero-order valence-corrected chi connectivity index (χ0v) is 15.6. The van der Waals surface area contributed by atoms with Crippen molar-refractivity contribution in [1.29, 1.82) is 0 Å². The molecule has 5 nitrogen and oxygen atoms in total. The van der Waals surface area contributed by atoms with Crippen LogP contribution in [0.4, 0.5) is 15.9 Å². The standard InChI is InChI=1S/C22H21FN4O/c1-15-14-17-4-2-3-5-20(17)27(15)22(28)19-10-11-21(26-25-19)24-13-12-16-6-8-18(23)9-7-16/h2-11,15H,12-14H2,1H3,(H,24,26). The molecule has 1 aliphatic rings. The molecule has 1 aromatic heterocycles. The predicted molar refractivity (Wildman–Crippen MR) is 107 cm³/mol. The molecule has 6 heteroatoms. The van der Waals surface area contributed by atoms with E-state index in [1.165, 1.54) is 17.7 Å². The van der Waals surface area contributed by atoms with Crippen LogP contribution >= 0.6 is 0 Å². The Morgan fingerprint density at radius 1 is 1.11 bits per heavy atom. The Balaban J connectivity index is 1.39. The number of hydrogen-bond donors (Lipinski definition) is 1. The van der Waals surface area contributed by atoms with E-state index in [0.29, 0.717) is 18.1 Å². The number of fused-ring (bicyclic) bond motifs is 1. The van der Waals surface area contributed by atoms with Gasteiger partial charge in [0.05, 0.1) is 0 Å². The third kappa shape index (κ3) is 3.71. The van der Waals surface area contributed by atoms with Gasteiger partial charge >= 0.3 is 0 Å². The number of halogens is 1. The number of benzene rings is 2. The van der Waals surface area contributed by atoms with Crippen LogP contribution in [0.5, 0.6) is 0 Å². The average molecular weight is 376 g/mol. The maximum Gasteiger partial charge on any atom is 0.279 e. The van der Waals surface area contributed by atoms with Crippen LogP contribution in [-0.4, -0.2) is 28.7 Å². The van der Waals surface area contributed by atoms with Crippen LogP contribution in [0.15, 0.2) is 60.7 Å². The molecule has 0 radical (unpaired) electrons. The fraction of sp³-hybridized carbons (Fsp3) is 0.227. The lowest BCUT2D eigenvalue weighted by atomic mass is 10.1. The summed E-state index contributed by atoms with van der Waals surface area (Å²) >= 11 is 0. The summed E-state index contributed by atoms with van der Waals surface area (Å²) in [6.07, 6.45) is 1.59. The van der Waals surface area contributed by atoms with Crippen molar-refractivity contribution in [2.45, 2.75) is 25.8 Å². The third-order valence-electron chi connectivity index (χ3n) is 4.94. The lowest BCUT2D eigenvalue weighted by Gasteiger charge is -2.22. The number of nitrogens with zero attached hydrogens (tertiary/aromatic N) is 3. The Bertz CT molecular complexity index is 973. The fourth-order valence-corrected chi connectivity index (χ4v) is 3.53. The fourth-order valence-electron chi connectivity index (χ4n) is 3.53. The van der Waals surface area contributed by atoms with Crippen molar-refractivity contribution in [2.24, 2.45) is 0 Å². The second-order valence-electron chi connectivity index (χ2n) is 6.96. The summed E-state index contributed by atoms with van der Waals surface area (Å²) in [5.41, 5.74) is 3.49. The highest BCUT2D eigenvalue weighted by molar-refractivity contribution is 6.06. The largest absolute Gasteiger partial charge is 0.368 e. The maximum atomic E-state index is 12.9. The van der Waals surface area contributed by atoms with E-state index >= 15 is 0 Å². The van der Waals surface area contributed by atoms with Gasteiger partial charge in [-0.1, -0.05) is 30.3 Å². The second kappa shape index (κ2) is 7.76.